The van der Waals surface area contributed by atoms with Crippen molar-refractivity contribution in [3.63, 3.8) is 0 Å². The first kappa shape index (κ1) is 36.3. The number of unbranched alkanes of at least 4 members (excludes halogenated alkanes) is 1. The van der Waals surface area contributed by atoms with Crippen LogP contribution in [-0.4, -0.2) is 0 Å². The van der Waals surface area contributed by atoms with E-state index in [2.05, 4.69) is 20.8 Å². The van der Waals surface area contributed by atoms with Crippen LogP contribution in [0.1, 0.15) is 19.8 Å². The van der Waals surface area contributed by atoms with Crippen molar-refractivity contribution in [2.45, 2.75) is 19.8 Å². The van der Waals surface area contributed by atoms with Crippen molar-refractivity contribution in [1.82, 2.24) is 0 Å². The van der Waals surface area contributed by atoms with Crippen molar-refractivity contribution < 1.29 is 119 Å². The maximum atomic E-state index is 3.55. The van der Waals surface area contributed by atoms with Gasteiger partial charge in [0.05, 0.1) is 0 Å². The van der Waals surface area contributed by atoms with Crippen molar-refractivity contribution in [2.24, 2.45) is 0 Å². The molecule has 0 saturated carbocycles. The fourth-order valence-electron chi connectivity index (χ4n) is 0. The molecule has 0 heterocycles. The van der Waals surface area contributed by atoms with E-state index in [0.29, 0.717) is 0 Å². The first-order chi connectivity index (χ1) is 3.33. The quantitative estimate of drug-likeness (QED) is 0.408. The van der Waals surface area contributed by atoms with Crippen LogP contribution in [0.3, 0.4) is 0 Å². The Hall–Kier alpha value is 3.97. The minimum atomic E-state index is 0. The molecular weight excluding hydrogens is 457 g/mol. The Labute approximate surface area is 162 Å². The van der Waals surface area contributed by atoms with E-state index < -0.39 is 0 Å². The van der Waals surface area contributed by atoms with Crippen LogP contribution in [-0.2, 0) is 119 Å². The summed E-state index contributed by atoms with van der Waals surface area (Å²) in [5, 5.41) is 0. The molecule has 0 atom stereocenters. The van der Waals surface area contributed by atoms with Crippen LogP contribution in [0.25, 0.3) is 0 Å². The second-order valence-electron chi connectivity index (χ2n) is 1.05. The summed E-state index contributed by atoms with van der Waals surface area (Å²) in [5.74, 6) is 0. The summed E-state index contributed by atoms with van der Waals surface area (Å²) in [6.07, 6.45) is 3.71. The molecular formula is C7H14PdY3-2. The second kappa shape index (κ2) is 48.4. The standard InChI is InChI=1S/C4H8.C3H6.Pd.3Y/c1-3-4-2;1-3-2;;;;/h4H,1,3H2,2H3;1-3H2;;;;/q2*-2;+2;;;. The Kier molecular flexibility index (Phi) is 160. The summed E-state index contributed by atoms with van der Waals surface area (Å²) in [6, 6.07) is 0. The van der Waals surface area contributed by atoms with Gasteiger partial charge < -0.3 is 40.0 Å². The topological polar surface area (TPSA) is 0 Å². The predicted molar refractivity (Wildman–Crippen MR) is 35.3 cm³/mol. The molecule has 0 bridgehead atoms. The summed E-state index contributed by atoms with van der Waals surface area (Å²) in [5.41, 5.74) is 0. The first-order valence-corrected chi connectivity index (χ1v) is 2.49. The van der Waals surface area contributed by atoms with E-state index in [1.165, 1.54) is 0 Å². The average Bonchev–Trinajstić information content (AvgIpc) is 1.69. The molecule has 0 rings (SSSR count). The summed E-state index contributed by atoms with van der Waals surface area (Å²) >= 11 is 0. The van der Waals surface area contributed by atoms with Gasteiger partial charge in [-0.3, -0.25) is 0 Å². The molecule has 63 valence electrons. The monoisotopic (exact) mass is 471 g/mol. The number of rotatable bonds is 1. The third-order valence-electron chi connectivity index (χ3n) is 0.289. The molecule has 0 aromatic heterocycles. The Morgan fingerprint density at radius 2 is 1.09 bits per heavy atom. The van der Waals surface area contributed by atoms with E-state index in [9.17, 15) is 0 Å². The molecule has 0 N–H and O–H groups in total. The van der Waals surface area contributed by atoms with Crippen LogP contribution in [0.2, 0.25) is 0 Å². The summed E-state index contributed by atoms with van der Waals surface area (Å²) in [4.78, 5) is 0. The van der Waals surface area contributed by atoms with Crippen molar-refractivity contribution >= 4 is 0 Å². The zero-order valence-electron chi connectivity index (χ0n) is 7.16. The van der Waals surface area contributed by atoms with Crippen LogP contribution < -0.4 is 0 Å². The molecule has 0 amide bonds. The zero-order valence-corrected chi connectivity index (χ0v) is 17.2. The third-order valence-corrected chi connectivity index (χ3v) is 0.289. The van der Waals surface area contributed by atoms with Gasteiger partial charge >= 0.3 is 20.4 Å². The normalized spacial score (nSPS) is 4.36. The van der Waals surface area contributed by atoms with Crippen LogP contribution >= 0.6 is 0 Å². The van der Waals surface area contributed by atoms with Gasteiger partial charge in [-0.05, 0) is 0 Å². The van der Waals surface area contributed by atoms with Gasteiger partial charge in [0, 0.05) is 98.1 Å². The predicted octanol–water partition coefficient (Wildman–Crippen LogP) is 2.47. The molecule has 0 aliphatic carbocycles. The van der Waals surface area contributed by atoms with Gasteiger partial charge in [-0.2, -0.15) is 6.92 Å². The fraction of sp³-hybridized carbons (Fsp3) is 0.429. The van der Waals surface area contributed by atoms with E-state index in [-0.39, 0.29) is 119 Å². The number of hydrogen-bond acceptors (Lipinski definition) is 0. The molecule has 11 heavy (non-hydrogen) atoms. The zero-order chi connectivity index (χ0) is 6.12. The van der Waals surface area contributed by atoms with Gasteiger partial charge in [-0.25, -0.2) is 0 Å². The van der Waals surface area contributed by atoms with Gasteiger partial charge in [0.15, 0.2) is 0 Å². The van der Waals surface area contributed by atoms with Gasteiger partial charge in [-0.1, -0.05) is 0 Å². The maximum absolute atomic E-state index is 3.55. The molecule has 0 nitrogen and oxygen atoms in total. The third kappa shape index (κ3) is 81.0. The van der Waals surface area contributed by atoms with E-state index in [1.807, 2.05) is 13.3 Å². The minimum absolute atomic E-state index is 0. The van der Waals surface area contributed by atoms with Crippen LogP contribution in [0.5, 0.6) is 0 Å². The van der Waals surface area contributed by atoms with Crippen molar-refractivity contribution in [2.75, 3.05) is 0 Å². The van der Waals surface area contributed by atoms with Gasteiger partial charge in [0.1, 0.15) is 0 Å². The fourth-order valence-corrected chi connectivity index (χ4v) is 0. The van der Waals surface area contributed by atoms with Crippen molar-refractivity contribution in [3.8, 4) is 0 Å². The van der Waals surface area contributed by atoms with Gasteiger partial charge in [0.2, 0.25) is 0 Å². The van der Waals surface area contributed by atoms with E-state index in [4.69, 9.17) is 0 Å². The van der Waals surface area contributed by atoms with Crippen LogP contribution in [0.4, 0.5) is 0 Å². The van der Waals surface area contributed by atoms with Gasteiger partial charge in [0.25, 0.3) is 0 Å². The molecule has 0 fully saturated rings. The largest absolute Gasteiger partial charge is 2.00 e. The Morgan fingerprint density at radius 3 is 1.09 bits per heavy atom. The van der Waals surface area contributed by atoms with Gasteiger partial charge in [-0.15, -0.1) is 0 Å². The summed E-state index contributed by atoms with van der Waals surface area (Å²) in [7, 11) is 0. The Morgan fingerprint density at radius 1 is 1.00 bits per heavy atom. The van der Waals surface area contributed by atoms with Crippen LogP contribution in [0.15, 0.2) is 0 Å². The van der Waals surface area contributed by atoms with Crippen LogP contribution in [0, 0.1) is 27.2 Å². The summed E-state index contributed by atoms with van der Waals surface area (Å²) < 4.78 is 0. The average molecular weight is 471 g/mol. The minimum Gasteiger partial charge on any atom is -0.372 e. The van der Waals surface area contributed by atoms with Crippen molar-refractivity contribution in [1.29, 1.82) is 0 Å². The Balaban J connectivity index is -0.00000000848. The van der Waals surface area contributed by atoms with E-state index in [0.717, 1.165) is 12.8 Å². The maximum Gasteiger partial charge on any atom is 2.00 e. The van der Waals surface area contributed by atoms with Crippen molar-refractivity contribution in [3.05, 3.63) is 27.2 Å². The molecule has 0 aliphatic heterocycles. The molecule has 0 spiro atoms. The molecule has 0 aliphatic rings. The molecule has 0 aromatic rings. The number of hydrogen-bond donors (Lipinski definition) is 0. The Bertz CT molecular complexity index is 21.2. The molecule has 0 aromatic carbocycles. The molecule has 4 heteroatoms. The molecule has 0 unspecified atom stereocenters. The smallest absolute Gasteiger partial charge is 0.372 e. The SMILES string of the molecule is [CH2-]C[CH-]C.[CH2-]C[CH2-].[Pd+2].[Y].[Y].[Y]. The molecule has 3 radical (unpaired) electrons. The molecule has 0 saturated heterocycles. The second-order valence-corrected chi connectivity index (χ2v) is 1.05. The van der Waals surface area contributed by atoms with E-state index >= 15 is 0 Å². The first-order valence-electron chi connectivity index (χ1n) is 2.49. The van der Waals surface area contributed by atoms with E-state index in [1.54, 1.807) is 0 Å². The summed E-state index contributed by atoms with van der Waals surface area (Å²) in [6.45, 7) is 12.3.